The van der Waals surface area contributed by atoms with Crippen LogP contribution < -0.4 is 20.1 Å². The number of carbonyl (C=O) groups is 1. The third-order valence-corrected chi connectivity index (χ3v) is 5.13. The van der Waals surface area contributed by atoms with Gasteiger partial charge in [-0.3, -0.25) is 4.79 Å². The zero-order valence-electron chi connectivity index (χ0n) is 16.8. The largest absolute Gasteiger partial charge is 0.497 e. The number of nitrogens with one attached hydrogen (secondary N) is 2. The molecule has 3 rings (SSSR count). The summed E-state index contributed by atoms with van der Waals surface area (Å²) in [5.74, 6) is 1.27. The van der Waals surface area contributed by atoms with Crippen LogP contribution in [0.15, 0.2) is 60.7 Å². The Labute approximate surface area is 185 Å². The van der Waals surface area contributed by atoms with Gasteiger partial charge in [0.25, 0.3) is 0 Å². The number of hydrogen-bond acceptors (Lipinski definition) is 4. The molecule has 0 spiro atoms. The molecular weight excluding hydrogens is 423 g/mol. The smallest absolute Gasteiger partial charge is 0.246 e. The van der Waals surface area contributed by atoms with Crippen molar-refractivity contribution in [2.24, 2.45) is 0 Å². The van der Waals surface area contributed by atoms with Crippen LogP contribution in [0.1, 0.15) is 6.92 Å². The highest BCUT2D eigenvalue weighted by molar-refractivity contribution is 6.35. The Bertz CT molecular complexity index is 1040. The van der Waals surface area contributed by atoms with Crippen LogP contribution in [-0.2, 0) is 4.79 Å². The standard InChI is InChI=1S/C23H22Cl2N2O3/c1-14(23(28)27-21-12-16(24)6-10-20(21)25)26-17-7-11-22(30-3)19(13-17)15-4-8-18(29-2)9-5-15/h4-14,26H,1-3H3,(H,27,28)/t14-/m0/s1. The van der Waals surface area contributed by atoms with Crippen LogP contribution in [0.2, 0.25) is 10.0 Å². The second kappa shape index (κ2) is 9.74. The SMILES string of the molecule is COc1ccc(-c2cc(N[C@@H](C)C(=O)Nc3cc(Cl)ccc3Cl)ccc2OC)cc1. The Morgan fingerprint density at radius 3 is 2.33 bits per heavy atom. The van der Waals surface area contributed by atoms with Crippen molar-refractivity contribution < 1.29 is 14.3 Å². The molecule has 1 amide bonds. The van der Waals surface area contributed by atoms with Crippen LogP contribution in [0.25, 0.3) is 11.1 Å². The minimum Gasteiger partial charge on any atom is -0.497 e. The van der Waals surface area contributed by atoms with Crippen molar-refractivity contribution in [2.75, 3.05) is 24.9 Å². The van der Waals surface area contributed by atoms with Gasteiger partial charge in [0.05, 0.1) is 24.9 Å². The van der Waals surface area contributed by atoms with E-state index in [4.69, 9.17) is 32.7 Å². The van der Waals surface area contributed by atoms with Crippen LogP contribution in [-0.4, -0.2) is 26.2 Å². The van der Waals surface area contributed by atoms with Gasteiger partial charge in [-0.05, 0) is 61.0 Å². The highest BCUT2D eigenvalue weighted by atomic mass is 35.5. The second-order valence-corrected chi connectivity index (χ2v) is 7.47. The number of benzene rings is 3. The van der Waals surface area contributed by atoms with Gasteiger partial charge in [-0.15, -0.1) is 0 Å². The predicted molar refractivity (Wildman–Crippen MR) is 123 cm³/mol. The fourth-order valence-corrected chi connectivity index (χ4v) is 3.28. The van der Waals surface area contributed by atoms with E-state index in [1.54, 1.807) is 39.3 Å². The molecule has 2 N–H and O–H groups in total. The van der Waals surface area contributed by atoms with Gasteiger partial charge in [0.15, 0.2) is 0 Å². The van der Waals surface area contributed by atoms with Crippen molar-refractivity contribution in [2.45, 2.75) is 13.0 Å². The lowest BCUT2D eigenvalue weighted by Gasteiger charge is -2.18. The van der Waals surface area contributed by atoms with E-state index in [0.29, 0.717) is 15.7 Å². The summed E-state index contributed by atoms with van der Waals surface area (Å²) in [5, 5.41) is 6.93. The first-order chi connectivity index (χ1) is 14.4. The van der Waals surface area contributed by atoms with Gasteiger partial charge in [0, 0.05) is 16.3 Å². The second-order valence-electron chi connectivity index (χ2n) is 6.62. The molecule has 0 saturated heterocycles. The Morgan fingerprint density at radius 2 is 1.67 bits per heavy atom. The maximum absolute atomic E-state index is 12.6. The van der Waals surface area contributed by atoms with E-state index in [-0.39, 0.29) is 5.91 Å². The summed E-state index contributed by atoms with van der Waals surface area (Å²) in [6, 6.07) is 17.8. The Hall–Kier alpha value is -2.89. The number of amides is 1. The number of carbonyl (C=O) groups excluding carboxylic acids is 1. The lowest BCUT2D eigenvalue weighted by atomic mass is 10.0. The number of anilines is 2. The third kappa shape index (κ3) is 5.17. The molecule has 0 unspecified atom stereocenters. The van der Waals surface area contributed by atoms with Crippen LogP contribution in [0.3, 0.4) is 0 Å². The maximum atomic E-state index is 12.6. The fourth-order valence-electron chi connectivity index (χ4n) is 2.94. The molecule has 5 nitrogen and oxygen atoms in total. The van der Waals surface area contributed by atoms with Gasteiger partial charge >= 0.3 is 0 Å². The minimum absolute atomic E-state index is 0.235. The maximum Gasteiger partial charge on any atom is 0.246 e. The van der Waals surface area contributed by atoms with E-state index in [1.165, 1.54) is 0 Å². The molecule has 3 aromatic rings. The molecule has 0 aromatic heterocycles. The number of halogens is 2. The Morgan fingerprint density at radius 1 is 0.933 bits per heavy atom. The van der Waals surface area contributed by atoms with Gasteiger partial charge in [-0.2, -0.15) is 0 Å². The zero-order chi connectivity index (χ0) is 21.7. The van der Waals surface area contributed by atoms with Gasteiger partial charge in [0.2, 0.25) is 5.91 Å². The van der Waals surface area contributed by atoms with Crippen LogP contribution in [0, 0.1) is 0 Å². The Balaban J connectivity index is 1.78. The quantitative estimate of drug-likeness (QED) is 0.460. The Kier molecular flexibility index (Phi) is 7.08. The first-order valence-corrected chi connectivity index (χ1v) is 10.0. The molecule has 156 valence electrons. The van der Waals surface area contributed by atoms with Crippen molar-refractivity contribution in [1.82, 2.24) is 0 Å². The molecule has 7 heteroatoms. The number of methoxy groups -OCH3 is 2. The van der Waals surface area contributed by atoms with Crippen molar-refractivity contribution in [3.05, 3.63) is 70.7 Å². The normalized spacial score (nSPS) is 11.5. The van der Waals surface area contributed by atoms with Gasteiger partial charge in [-0.25, -0.2) is 0 Å². The number of ether oxygens (including phenoxy) is 2. The molecule has 1 atom stereocenters. The molecule has 0 aliphatic carbocycles. The molecule has 0 fully saturated rings. The summed E-state index contributed by atoms with van der Waals surface area (Å²) in [5.41, 5.74) is 3.12. The number of hydrogen-bond donors (Lipinski definition) is 2. The van der Waals surface area contributed by atoms with Crippen molar-refractivity contribution in [1.29, 1.82) is 0 Å². The monoisotopic (exact) mass is 444 g/mol. The fraction of sp³-hybridized carbons (Fsp3) is 0.174. The molecule has 0 radical (unpaired) electrons. The van der Waals surface area contributed by atoms with Crippen LogP contribution in [0.4, 0.5) is 11.4 Å². The third-order valence-electron chi connectivity index (χ3n) is 4.56. The molecule has 0 aliphatic heterocycles. The first kappa shape index (κ1) is 21.8. The molecule has 0 aliphatic rings. The van der Waals surface area contributed by atoms with Crippen molar-refractivity contribution >= 4 is 40.5 Å². The first-order valence-electron chi connectivity index (χ1n) is 9.26. The van der Waals surface area contributed by atoms with E-state index in [2.05, 4.69) is 10.6 Å². The van der Waals surface area contributed by atoms with E-state index in [9.17, 15) is 4.79 Å². The molecule has 0 bridgehead atoms. The molecule has 0 saturated carbocycles. The van der Waals surface area contributed by atoms with Gasteiger partial charge < -0.3 is 20.1 Å². The molecule has 0 heterocycles. The predicted octanol–water partition coefficient (Wildman–Crippen LogP) is 6.12. The summed E-state index contributed by atoms with van der Waals surface area (Å²) >= 11 is 12.1. The van der Waals surface area contributed by atoms with E-state index < -0.39 is 6.04 Å². The topological polar surface area (TPSA) is 59.6 Å². The summed E-state index contributed by atoms with van der Waals surface area (Å²) in [6.45, 7) is 1.77. The summed E-state index contributed by atoms with van der Waals surface area (Å²) in [6.07, 6.45) is 0. The van der Waals surface area contributed by atoms with Crippen molar-refractivity contribution in [3.63, 3.8) is 0 Å². The number of rotatable bonds is 7. The van der Waals surface area contributed by atoms with E-state index in [0.717, 1.165) is 28.3 Å². The highest BCUT2D eigenvalue weighted by Gasteiger charge is 2.16. The van der Waals surface area contributed by atoms with Crippen LogP contribution >= 0.6 is 23.2 Å². The average molecular weight is 445 g/mol. The minimum atomic E-state index is -0.517. The average Bonchev–Trinajstić information content (AvgIpc) is 2.76. The van der Waals surface area contributed by atoms with Crippen molar-refractivity contribution in [3.8, 4) is 22.6 Å². The van der Waals surface area contributed by atoms with E-state index in [1.807, 2.05) is 42.5 Å². The lowest BCUT2D eigenvalue weighted by molar-refractivity contribution is -0.116. The molecule has 30 heavy (non-hydrogen) atoms. The summed E-state index contributed by atoms with van der Waals surface area (Å²) in [7, 11) is 3.25. The van der Waals surface area contributed by atoms with Gasteiger partial charge in [-0.1, -0.05) is 35.3 Å². The highest BCUT2D eigenvalue weighted by Crippen LogP contribution is 2.34. The van der Waals surface area contributed by atoms with Gasteiger partial charge in [0.1, 0.15) is 17.5 Å². The molecular formula is C23H22Cl2N2O3. The summed E-state index contributed by atoms with van der Waals surface area (Å²) < 4.78 is 10.7. The van der Waals surface area contributed by atoms with Crippen LogP contribution in [0.5, 0.6) is 11.5 Å². The lowest BCUT2D eigenvalue weighted by Crippen LogP contribution is -2.32. The summed E-state index contributed by atoms with van der Waals surface area (Å²) in [4.78, 5) is 12.6. The molecule has 3 aromatic carbocycles. The zero-order valence-corrected chi connectivity index (χ0v) is 18.3. The van der Waals surface area contributed by atoms with E-state index >= 15 is 0 Å².